The minimum Gasteiger partial charge on any atom is -0.493 e. The molecule has 0 bridgehead atoms. The number of halogens is 1. The molecule has 0 unspecified atom stereocenters. The summed E-state index contributed by atoms with van der Waals surface area (Å²) in [5, 5.41) is 0. The normalized spacial score (nSPS) is 10.4. The van der Waals surface area contributed by atoms with Crippen molar-refractivity contribution >= 4 is 11.6 Å². The average Bonchev–Trinajstić information content (AvgIpc) is 2.53. The Morgan fingerprint density at radius 3 is 2.48 bits per heavy atom. The van der Waals surface area contributed by atoms with E-state index in [1.165, 1.54) is 12.1 Å². The molecule has 23 heavy (non-hydrogen) atoms. The van der Waals surface area contributed by atoms with E-state index in [9.17, 15) is 9.18 Å². The molecule has 0 radical (unpaired) electrons. The molecule has 3 nitrogen and oxygen atoms in total. The van der Waals surface area contributed by atoms with Crippen molar-refractivity contribution in [1.29, 1.82) is 0 Å². The number of aryl methyl sites for hydroxylation is 2. The zero-order chi connectivity index (χ0) is 16.8. The first-order valence-corrected chi connectivity index (χ1v) is 7.77. The summed E-state index contributed by atoms with van der Waals surface area (Å²) in [4.78, 5) is 14.0. The fraction of sp³-hybridized carbons (Fsp3) is 0.316. The summed E-state index contributed by atoms with van der Waals surface area (Å²) in [7, 11) is 0. The third kappa shape index (κ3) is 4.55. The highest BCUT2D eigenvalue weighted by Crippen LogP contribution is 2.20. The second-order valence-corrected chi connectivity index (χ2v) is 5.48. The largest absolute Gasteiger partial charge is 0.493 e. The van der Waals surface area contributed by atoms with Crippen molar-refractivity contribution in [3.63, 3.8) is 0 Å². The summed E-state index contributed by atoms with van der Waals surface area (Å²) < 4.78 is 18.7. The van der Waals surface area contributed by atoms with E-state index in [1.54, 1.807) is 17.0 Å². The van der Waals surface area contributed by atoms with Crippen molar-refractivity contribution in [2.45, 2.75) is 27.2 Å². The Hall–Kier alpha value is -2.36. The fourth-order valence-electron chi connectivity index (χ4n) is 2.37. The minimum absolute atomic E-state index is 0.0376. The monoisotopic (exact) mass is 315 g/mol. The molecule has 0 heterocycles. The Kier molecular flexibility index (Phi) is 5.74. The predicted octanol–water partition coefficient (Wildman–Crippen LogP) is 4.26. The number of nitrogens with zero attached hydrogens (tertiary/aromatic N) is 1. The van der Waals surface area contributed by atoms with Gasteiger partial charge >= 0.3 is 0 Å². The van der Waals surface area contributed by atoms with Gasteiger partial charge in [0.1, 0.15) is 11.6 Å². The van der Waals surface area contributed by atoms with Crippen LogP contribution in [0.4, 0.5) is 10.1 Å². The van der Waals surface area contributed by atoms with Gasteiger partial charge in [0, 0.05) is 12.2 Å². The summed E-state index contributed by atoms with van der Waals surface area (Å²) in [5.41, 5.74) is 2.87. The van der Waals surface area contributed by atoms with Crippen LogP contribution < -0.4 is 9.64 Å². The van der Waals surface area contributed by atoms with Crippen LogP contribution in [0, 0.1) is 19.7 Å². The summed E-state index contributed by atoms with van der Waals surface area (Å²) in [6.45, 7) is 6.74. The van der Waals surface area contributed by atoms with Gasteiger partial charge in [0.25, 0.3) is 0 Å². The molecule has 0 saturated carbocycles. The lowest BCUT2D eigenvalue weighted by molar-refractivity contribution is -0.119. The van der Waals surface area contributed by atoms with Crippen molar-refractivity contribution in [2.75, 3.05) is 18.1 Å². The first kappa shape index (κ1) is 17.0. The van der Waals surface area contributed by atoms with Crippen LogP contribution >= 0.6 is 0 Å². The zero-order valence-corrected chi connectivity index (χ0v) is 13.8. The lowest BCUT2D eigenvalue weighted by Gasteiger charge is -2.21. The van der Waals surface area contributed by atoms with Gasteiger partial charge in [-0.15, -0.1) is 0 Å². The van der Waals surface area contributed by atoms with Crippen LogP contribution in [0.1, 0.15) is 24.5 Å². The van der Waals surface area contributed by atoms with Gasteiger partial charge in [0.2, 0.25) is 5.91 Å². The van der Waals surface area contributed by atoms with Crippen LogP contribution in [0.25, 0.3) is 0 Å². The van der Waals surface area contributed by atoms with E-state index in [1.807, 2.05) is 39.0 Å². The van der Waals surface area contributed by atoms with E-state index >= 15 is 0 Å². The first-order chi connectivity index (χ1) is 11.0. The lowest BCUT2D eigenvalue weighted by atomic mass is 10.1. The highest BCUT2D eigenvalue weighted by molar-refractivity contribution is 5.93. The quantitative estimate of drug-likeness (QED) is 0.797. The number of carbonyl (C=O) groups excluding carboxylic acids is 1. The van der Waals surface area contributed by atoms with Gasteiger partial charge in [0.05, 0.1) is 13.0 Å². The first-order valence-electron chi connectivity index (χ1n) is 7.77. The van der Waals surface area contributed by atoms with Gasteiger partial charge in [-0.1, -0.05) is 12.1 Å². The van der Waals surface area contributed by atoms with Crippen LogP contribution in [0.2, 0.25) is 0 Å². The topological polar surface area (TPSA) is 29.5 Å². The Morgan fingerprint density at radius 1 is 1.13 bits per heavy atom. The third-order valence-corrected chi connectivity index (χ3v) is 3.67. The van der Waals surface area contributed by atoms with Gasteiger partial charge in [-0.2, -0.15) is 0 Å². The number of ether oxygens (including phenoxy) is 1. The van der Waals surface area contributed by atoms with Crippen molar-refractivity contribution in [2.24, 2.45) is 0 Å². The van der Waals surface area contributed by atoms with Crippen LogP contribution in [0.3, 0.4) is 0 Å². The molecule has 0 aliphatic carbocycles. The maximum absolute atomic E-state index is 13.0. The lowest BCUT2D eigenvalue weighted by Crippen LogP contribution is -2.31. The molecule has 1 amide bonds. The van der Waals surface area contributed by atoms with Crippen LogP contribution in [0.5, 0.6) is 5.75 Å². The van der Waals surface area contributed by atoms with Gasteiger partial charge in [0.15, 0.2) is 0 Å². The summed E-state index contributed by atoms with van der Waals surface area (Å²) in [6, 6.07) is 11.9. The highest BCUT2D eigenvalue weighted by atomic mass is 19.1. The molecule has 2 rings (SSSR count). The standard InChI is InChI=1S/C19H22FNO2/c1-4-21(17-9-7-16(20)8-10-17)19(22)11-12-23-18-13-14(2)5-6-15(18)3/h5-10,13H,4,11-12H2,1-3H3. The maximum Gasteiger partial charge on any atom is 0.230 e. The van der Waals surface area contributed by atoms with E-state index in [0.717, 1.165) is 16.9 Å². The average molecular weight is 315 g/mol. The molecule has 0 aliphatic rings. The second kappa shape index (κ2) is 7.77. The molecule has 0 atom stereocenters. The number of hydrogen-bond donors (Lipinski definition) is 0. The Bertz CT molecular complexity index is 668. The maximum atomic E-state index is 13.0. The van der Waals surface area contributed by atoms with E-state index in [-0.39, 0.29) is 18.1 Å². The smallest absolute Gasteiger partial charge is 0.230 e. The molecule has 0 N–H and O–H groups in total. The number of benzene rings is 2. The third-order valence-electron chi connectivity index (χ3n) is 3.67. The molecular formula is C19H22FNO2. The summed E-state index contributed by atoms with van der Waals surface area (Å²) >= 11 is 0. The van der Waals surface area contributed by atoms with Gasteiger partial charge in [-0.05, 0) is 62.2 Å². The van der Waals surface area contributed by atoms with Gasteiger partial charge in [-0.25, -0.2) is 4.39 Å². The van der Waals surface area contributed by atoms with Crippen LogP contribution in [0.15, 0.2) is 42.5 Å². The van der Waals surface area contributed by atoms with Gasteiger partial charge < -0.3 is 9.64 Å². The number of amides is 1. The molecule has 0 aliphatic heterocycles. The molecule has 2 aromatic rings. The molecular weight excluding hydrogens is 293 g/mol. The number of carbonyl (C=O) groups is 1. The molecule has 0 aromatic heterocycles. The Balaban J connectivity index is 1.95. The molecule has 0 spiro atoms. The molecule has 122 valence electrons. The Labute approximate surface area is 136 Å². The van der Waals surface area contributed by atoms with E-state index < -0.39 is 0 Å². The van der Waals surface area contributed by atoms with Crippen molar-refractivity contribution in [1.82, 2.24) is 0 Å². The molecule has 0 fully saturated rings. The Morgan fingerprint density at radius 2 is 1.83 bits per heavy atom. The molecule has 0 saturated heterocycles. The van der Waals surface area contributed by atoms with Crippen LogP contribution in [-0.4, -0.2) is 19.1 Å². The number of rotatable bonds is 6. The fourth-order valence-corrected chi connectivity index (χ4v) is 2.37. The van der Waals surface area contributed by atoms with E-state index in [0.29, 0.717) is 18.8 Å². The van der Waals surface area contributed by atoms with Crippen molar-refractivity contribution in [3.8, 4) is 5.75 Å². The number of hydrogen-bond acceptors (Lipinski definition) is 2. The number of anilines is 1. The second-order valence-electron chi connectivity index (χ2n) is 5.48. The zero-order valence-electron chi connectivity index (χ0n) is 13.8. The SMILES string of the molecule is CCN(C(=O)CCOc1cc(C)ccc1C)c1ccc(F)cc1. The highest BCUT2D eigenvalue weighted by Gasteiger charge is 2.14. The van der Waals surface area contributed by atoms with Crippen molar-refractivity contribution < 1.29 is 13.9 Å². The van der Waals surface area contributed by atoms with E-state index in [2.05, 4.69) is 0 Å². The van der Waals surface area contributed by atoms with Crippen LogP contribution in [-0.2, 0) is 4.79 Å². The van der Waals surface area contributed by atoms with Crippen molar-refractivity contribution in [3.05, 3.63) is 59.4 Å². The predicted molar refractivity (Wildman–Crippen MR) is 90.5 cm³/mol. The summed E-state index contributed by atoms with van der Waals surface area (Å²) in [6.07, 6.45) is 0.276. The molecule has 4 heteroatoms. The minimum atomic E-state index is -0.310. The molecule has 2 aromatic carbocycles. The summed E-state index contributed by atoms with van der Waals surface area (Å²) in [5.74, 6) is 0.461. The van der Waals surface area contributed by atoms with Gasteiger partial charge in [-0.3, -0.25) is 4.79 Å². The van der Waals surface area contributed by atoms with E-state index in [4.69, 9.17) is 4.74 Å².